The minimum Gasteiger partial charge on any atom is -0.354 e. The molecule has 0 fully saturated rings. The molecule has 0 aliphatic rings. The Bertz CT molecular complexity index is 462. The molecule has 5 N–H and O–H groups in total. The van der Waals surface area contributed by atoms with Crippen molar-refractivity contribution in [2.24, 2.45) is 5.73 Å². The average Bonchev–Trinajstić information content (AvgIpc) is 2.44. The maximum atomic E-state index is 11.8. The number of carbonyl (C=O) groups excluding carboxylic acids is 2. The molecular formula is C14H22N4O2. The van der Waals surface area contributed by atoms with E-state index in [0.29, 0.717) is 18.8 Å². The summed E-state index contributed by atoms with van der Waals surface area (Å²) in [5.41, 5.74) is 7.11. The quantitative estimate of drug-likeness (QED) is 0.629. The van der Waals surface area contributed by atoms with Crippen LogP contribution in [-0.4, -0.2) is 24.5 Å². The van der Waals surface area contributed by atoms with Crippen molar-refractivity contribution in [3.63, 3.8) is 0 Å². The fourth-order valence-electron chi connectivity index (χ4n) is 1.61. The number of carbonyl (C=O) groups is 2. The standard InChI is InChI=1S/C14H22N4O2/c1-3-7-16-13(19)10(2)17-14(20)18-12-6-4-5-11(8-12)9-15/h4-6,8,10H,3,7,9,15H2,1-2H3,(H,16,19)(H2,17,18,20). The van der Waals surface area contributed by atoms with Gasteiger partial charge >= 0.3 is 6.03 Å². The third-order valence-corrected chi connectivity index (χ3v) is 2.71. The van der Waals surface area contributed by atoms with Gasteiger partial charge in [-0.05, 0) is 31.0 Å². The molecule has 6 heteroatoms. The summed E-state index contributed by atoms with van der Waals surface area (Å²) in [6.45, 7) is 4.62. The van der Waals surface area contributed by atoms with Gasteiger partial charge in [0, 0.05) is 18.8 Å². The number of nitrogens with two attached hydrogens (primary N) is 1. The predicted molar refractivity (Wildman–Crippen MR) is 79.3 cm³/mol. The van der Waals surface area contributed by atoms with Crippen molar-refractivity contribution in [3.05, 3.63) is 29.8 Å². The fraction of sp³-hybridized carbons (Fsp3) is 0.429. The van der Waals surface area contributed by atoms with Gasteiger partial charge in [0.05, 0.1) is 0 Å². The summed E-state index contributed by atoms with van der Waals surface area (Å²) < 4.78 is 0. The third-order valence-electron chi connectivity index (χ3n) is 2.71. The van der Waals surface area contributed by atoms with Gasteiger partial charge in [0.15, 0.2) is 0 Å². The number of amides is 3. The monoisotopic (exact) mass is 278 g/mol. The van der Waals surface area contributed by atoms with Crippen LogP contribution in [0.4, 0.5) is 10.5 Å². The zero-order valence-electron chi connectivity index (χ0n) is 11.9. The molecule has 20 heavy (non-hydrogen) atoms. The smallest absolute Gasteiger partial charge is 0.319 e. The van der Waals surface area contributed by atoms with E-state index in [1.807, 2.05) is 19.1 Å². The minimum absolute atomic E-state index is 0.197. The van der Waals surface area contributed by atoms with Gasteiger partial charge in [0.25, 0.3) is 0 Å². The normalized spacial score (nSPS) is 11.6. The Morgan fingerprint density at radius 2 is 2.10 bits per heavy atom. The van der Waals surface area contributed by atoms with Gasteiger partial charge in [-0.15, -0.1) is 0 Å². The number of hydrogen-bond acceptors (Lipinski definition) is 3. The highest BCUT2D eigenvalue weighted by molar-refractivity contribution is 5.93. The van der Waals surface area contributed by atoms with Crippen LogP contribution < -0.4 is 21.7 Å². The molecule has 1 unspecified atom stereocenters. The molecule has 0 bridgehead atoms. The van der Waals surface area contributed by atoms with Crippen LogP contribution in [0, 0.1) is 0 Å². The van der Waals surface area contributed by atoms with Gasteiger partial charge in [-0.3, -0.25) is 4.79 Å². The summed E-state index contributed by atoms with van der Waals surface area (Å²) in [4.78, 5) is 23.4. The van der Waals surface area contributed by atoms with Gasteiger partial charge in [-0.25, -0.2) is 4.79 Å². The molecule has 6 nitrogen and oxygen atoms in total. The summed E-state index contributed by atoms with van der Waals surface area (Å²) in [5.74, 6) is -0.197. The molecule has 1 aromatic rings. The van der Waals surface area contributed by atoms with Crippen LogP contribution in [0.15, 0.2) is 24.3 Å². The lowest BCUT2D eigenvalue weighted by molar-refractivity contribution is -0.122. The van der Waals surface area contributed by atoms with Crippen LogP contribution in [0.25, 0.3) is 0 Å². The highest BCUT2D eigenvalue weighted by Gasteiger charge is 2.14. The maximum absolute atomic E-state index is 11.8. The first-order valence-corrected chi connectivity index (χ1v) is 6.71. The van der Waals surface area contributed by atoms with E-state index in [0.717, 1.165) is 12.0 Å². The second-order valence-electron chi connectivity index (χ2n) is 4.52. The van der Waals surface area contributed by atoms with Crippen LogP contribution in [0.3, 0.4) is 0 Å². The Morgan fingerprint density at radius 1 is 1.35 bits per heavy atom. The molecule has 0 aliphatic carbocycles. The molecule has 0 saturated carbocycles. The van der Waals surface area contributed by atoms with Crippen LogP contribution in [-0.2, 0) is 11.3 Å². The van der Waals surface area contributed by atoms with Gasteiger partial charge in [0.1, 0.15) is 6.04 Å². The third kappa shape index (κ3) is 5.27. The second-order valence-corrected chi connectivity index (χ2v) is 4.52. The summed E-state index contributed by atoms with van der Waals surface area (Å²) in [7, 11) is 0. The molecule has 0 spiro atoms. The van der Waals surface area contributed by atoms with E-state index >= 15 is 0 Å². The Kier molecular flexibility index (Phi) is 6.52. The molecule has 0 heterocycles. The number of benzene rings is 1. The molecule has 0 aliphatic heterocycles. The van der Waals surface area contributed by atoms with Crippen molar-refractivity contribution >= 4 is 17.6 Å². The highest BCUT2D eigenvalue weighted by Crippen LogP contribution is 2.09. The molecule has 0 aromatic heterocycles. The van der Waals surface area contributed by atoms with Crippen LogP contribution >= 0.6 is 0 Å². The highest BCUT2D eigenvalue weighted by atomic mass is 16.2. The number of urea groups is 1. The summed E-state index contributed by atoms with van der Waals surface area (Å²) >= 11 is 0. The summed E-state index contributed by atoms with van der Waals surface area (Å²) in [6.07, 6.45) is 0.858. The lowest BCUT2D eigenvalue weighted by Gasteiger charge is -2.14. The van der Waals surface area contributed by atoms with Crippen LogP contribution in [0.5, 0.6) is 0 Å². The minimum atomic E-state index is -0.584. The van der Waals surface area contributed by atoms with E-state index in [4.69, 9.17) is 5.73 Å². The number of hydrogen-bond donors (Lipinski definition) is 4. The van der Waals surface area contributed by atoms with Crippen molar-refractivity contribution in [1.29, 1.82) is 0 Å². The van der Waals surface area contributed by atoms with Gasteiger partial charge in [-0.1, -0.05) is 19.1 Å². The van der Waals surface area contributed by atoms with Gasteiger partial charge in [-0.2, -0.15) is 0 Å². The number of rotatable bonds is 6. The van der Waals surface area contributed by atoms with Crippen molar-refractivity contribution < 1.29 is 9.59 Å². The zero-order chi connectivity index (χ0) is 15.0. The first-order chi connectivity index (χ1) is 9.56. The molecular weight excluding hydrogens is 256 g/mol. The molecule has 3 amide bonds. The predicted octanol–water partition coefficient (Wildman–Crippen LogP) is 1.18. The zero-order valence-corrected chi connectivity index (χ0v) is 11.9. The SMILES string of the molecule is CCCNC(=O)C(C)NC(=O)Nc1cccc(CN)c1. The fourth-order valence-corrected chi connectivity index (χ4v) is 1.61. The topological polar surface area (TPSA) is 96.2 Å². The molecule has 1 atom stereocenters. The largest absolute Gasteiger partial charge is 0.354 e. The summed E-state index contributed by atoms with van der Waals surface area (Å²) in [5, 5.41) is 7.98. The van der Waals surface area contributed by atoms with Crippen molar-refractivity contribution in [3.8, 4) is 0 Å². The first-order valence-electron chi connectivity index (χ1n) is 6.71. The van der Waals surface area contributed by atoms with Crippen LogP contribution in [0.2, 0.25) is 0 Å². The van der Waals surface area contributed by atoms with Crippen LogP contribution in [0.1, 0.15) is 25.8 Å². The first kappa shape index (κ1) is 16.0. The van der Waals surface area contributed by atoms with E-state index in [1.54, 1.807) is 19.1 Å². The molecule has 0 saturated heterocycles. The Morgan fingerprint density at radius 3 is 2.75 bits per heavy atom. The second kappa shape index (κ2) is 8.16. The lowest BCUT2D eigenvalue weighted by Crippen LogP contribution is -2.46. The molecule has 0 radical (unpaired) electrons. The van der Waals surface area contributed by atoms with Crippen molar-refractivity contribution in [2.45, 2.75) is 32.9 Å². The van der Waals surface area contributed by atoms with Crippen molar-refractivity contribution in [1.82, 2.24) is 10.6 Å². The van der Waals surface area contributed by atoms with Gasteiger partial charge in [0.2, 0.25) is 5.91 Å². The Balaban J connectivity index is 2.48. The number of anilines is 1. The molecule has 110 valence electrons. The summed E-state index contributed by atoms with van der Waals surface area (Å²) in [6, 6.07) is 6.25. The van der Waals surface area contributed by atoms with E-state index < -0.39 is 12.1 Å². The number of nitrogens with one attached hydrogen (secondary N) is 3. The average molecular weight is 278 g/mol. The maximum Gasteiger partial charge on any atom is 0.319 e. The Labute approximate surface area is 119 Å². The van der Waals surface area contributed by atoms with E-state index in [1.165, 1.54) is 0 Å². The van der Waals surface area contributed by atoms with E-state index in [-0.39, 0.29) is 5.91 Å². The van der Waals surface area contributed by atoms with Crippen molar-refractivity contribution in [2.75, 3.05) is 11.9 Å². The molecule has 1 aromatic carbocycles. The van der Waals surface area contributed by atoms with Gasteiger partial charge < -0.3 is 21.7 Å². The Hall–Kier alpha value is -2.08. The van der Waals surface area contributed by atoms with E-state index in [2.05, 4.69) is 16.0 Å². The lowest BCUT2D eigenvalue weighted by atomic mass is 10.2. The molecule has 1 rings (SSSR count). The van der Waals surface area contributed by atoms with E-state index in [9.17, 15) is 9.59 Å².